The van der Waals surface area contributed by atoms with Crippen LogP contribution in [0.5, 0.6) is 5.75 Å². The van der Waals surface area contributed by atoms with Gasteiger partial charge in [-0.25, -0.2) is 14.6 Å². The highest BCUT2D eigenvalue weighted by Gasteiger charge is 2.25. The fourth-order valence-corrected chi connectivity index (χ4v) is 7.08. The second kappa shape index (κ2) is 14.9. The van der Waals surface area contributed by atoms with E-state index in [1.54, 1.807) is 36.2 Å². The molecule has 1 unspecified atom stereocenters. The molecule has 4 aromatic heterocycles. The first-order valence-electron chi connectivity index (χ1n) is 16.7. The number of thiazole rings is 1. The summed E-state index contributed by atoms with van der Waals surface area (Å²) in [5.41, 5.74) is 3.31. The van der Waals surface area contributed by atoms with Crippen LogP contribution in [0, 0.1) is 5.92 Å². The maximum Gasteiger partial charge on any atom is 0.267 e. The molecule has 0 saturated carbocycles. The molecule has 1 N–H and O–H groups in total. The van der Waals surface area contributed by atoms with Gasteiger partial charge in [-0.05, 0) is 90.8 Å². The third-order valence-corrected chi connectivity index (χ3v) is 9.44. The van der Waals surface area contributed by atoms with Crippen LogP contribution in [0.2, 0.25) is 0 Å². The van der Waals surface area contributed by atoms with Gasteiger partial charge in [0.2, 0.25) is 5.91 Å². The maximum absolute atomic E-state index is 14.2. The van der Waals surface area contributed by atoms with Crippen molar-refractivity contribution in [3.8, 4) is 5.75 Å². The summed E-state index contributed by atoms with van der Waals surface area (Å²) in [5.74, 6) is 2.15. The summed E-state index contributed by atoms with van der Waals surface area (Å²) < 4.78 is 8.49. The normalized spacial score (nSPS) is 15.3. The Kier molecular flexibility index (Phi) is 10.4. The van der Waals surface area contributed by atoms with Crippen molar-refractivity contribution in [2.24, 2.45) is 5.92 Å². The van der Waals surface area contributed by atoms with Gasteiger partial charge in [-0.2, -0.15) is 0 Å². The zero-order valence-electron chi connectivity index (χ0n) is 29.5. The highest BCUT2D eigenvalue weighted by atomic mass is 32.1. The number of anilines is 2. The van der Waals surface area contributed by atoms with Gasteiger partial charge in [0.15, 0.2) is 11.0 Å². The predicted octanol–water partition coefficient (Wildman–Crippen LogP) is 4.62. The molecule has 1 aliphatic rings. The SMILES string of the molecule is COc1ccc(Cn2nnnc2/C=C/c2c(N3CCCC(CN(C)C)C3)nc3cc(CC(=O)Nc4nc(C(C)(C)C)cs4)ccn3c2=O)cc1. The van der Waals surface area contributed by atoms with Crippen molar-refractivity contribution in [2.45, 2.75) is 52.0 Å². The number of benzene rings is 1. The van der Waals surface area contributed by atoms with Gasteiger partial charge < -0.3 is 19.9 Å². The minimum Gasteiger partial charge on any atom is -0.497 e. The number of hydrogen-bond acceptors (Lipinski definition) is 11. The standard InChI is InChI=1S/C36H44N10O3S/c1-36(2,3)29-23-50-35(37-29)39-32(47)19-25-15-17-45-31(18-25)38-33(44-16-7-8-26(21-44)20-43(4)5)28(34(45)48)13-14-30-40-41-42-46(30)22-24-9-11-27(49-6)12-10-24/h9-15,17-18,23,26H,7-8,16,19-22H2,1-6H3,(H,37,39,47)/b14-13+. The minimum absolute atomic E-state index is 0.102. The van der Waals surface area contributed by atoms with Crippen LogP contribution in [0.25, 0.3) is 17.8 Å². The Labute approximate surface area is 295 Å². The van der Waals surface area contributed by atoms with E-state index in [9.17, 15) is 9.59 Å². The Bertz CT molecular complexity index is 2040. The molecule has 1 aliphatic heterocycles. The molecule has 1 amide bonds. The van der Waals surface area contributed by atoms with Gasteiger partial charge in [-0.15, -0.1) is 16.4 Å². The second-order valence-electron chi connectivity index (χ2n) is 14.0. The molecule has 1 fully saturated rings. The van der Waals surface area contributed by atoms with Crippen LogP contribution in [0.15, 0.2) is 52.8 Å². The molecule has 1 saturated heterocycles. The molecule has 14 heteroatoms. The lowest BCUT2D eigenvalue weighted by molar-refractivity contribution is -0.115. The molecule has 0 spiro atoms. The molecule has 6 rings (SSSR count). The van der Waals surface area contributed by atoms with Gasteiger partial charge in [0.1, 0.15) is 17.2 Å². The van der Waals surface area contributed by atoms with E-state index < -0.39 is 0 Å². The number of nitrogens with one attached hydrogen (secondary N) is 1. The Hall–Kier alpha value is -4.95. The highest BCUT2D eigenvalue weighted by Crippen LogP contribution is 2.28. The number of carbonyl (C=O) groups is 1. The van der Waals surface area contributed by atoms with Crippen LogP contribution >= 0.6 is 11.3 Å². The van der Waals surface area contributed by atoms with Crippen molar-refractivity contribution in [3.05, 3.63) is 86.5 Å². The van der Waals surface area contributed by atoms with E-state index in [-0.39, 0.29) is 23.3 Å². The van der Waals surface area contributed by atoms with E-state index in [2.05, 4.69) is 70.5 Å². The van der Waals surface area contributed by atoms with Crippen molar-refractivity contribution in [1.82, 2.24) is 39.5 Å². The summed E-state index contributed by atoms with van der Waals surface area (Å²) >= 11 is 1.41. The molecule has 5 aromatic rings. The molecule has 262 valence electrons. The van der Waals surface area contributed by atoms with Crippen LogP contribution in [-0.4, -0.2) is 86.2 Å². The molecule has 1 aromatic carbocycles. The van der Waals surface area contributed by atoms with Gasteiger partial charge in [0.05, 0.1) is 31.3 Å². The summed E-state index contributed by atoms with van der Waals surface area (Å²) in [6.07, 6.45) is 7.46. The number of pyridine rings is 1. The number of nitrogens with zero attached hydrogens (tertiary/aromatic N) is 9. The Morgan fingerprint density at radius 1 is 1.12 bits per heavy atom. The minimum atomic E-state index is -0.210. The first kappa shape index (κ1) is 34.9. The lowest BCUT2D eigenvalue weighted by atomic mass is 9.93. The summed E-state index contributed by atoms with van der Waals surface area (Å²) in [4.78, 5) is 41.3. The molecular formula is C36H44N10O3S. The number of hydrogen-bond donors (Lipinski definition) is 1. The predicted molar refractivity (Wildman–Crippen MR) is 197 cm³/mol. The summed E-state index contributed by atoms with van der Waals surface area (Å²) in [5, 5.41) is 17.8. The topological polar surface area (TPSA) is 136 Å². The zero-order chi connectivity index (χ0) is 35.4. The van der Waals surface area contributed by atoms with E-state index >= 15 is 0 Å². The van der Waals surface area contributed by atoms with Crippen molar-refractivity contribution >= 4 is 46.0 Å². The van der Waals surface area contributed by atoms with Crippen molar-refractivity contribution in [1.29, 1.82) is 0 Å². The molecule has 0 bridgehead atoms. The molecule has 1 atom stereocenters. The van der Waals surface area contributed by atoms with Crippen LogP contribution in [0.3, 0.4) is 0 Å². The number of aromatic nitrogens is 7. The Morgan fingerprint density at radius 2 is 1.92 bits per heavy atom. The van der Waals surface area contributed by atoms with Crippen LogP contribution in [-0.2, 0) is 23.2 Å². The van der Waals surface area contributed by atoms with Gasteiger partial charge in [0, 0.05) is 36.6 Å². The maximum atomic E-state index is 14.2. The van der Waals surface area contributed by atoms with E-state index in [0.29, 0.717) is 40.4 Å². The smallest absolute Gasteiger partial charge is 0.267 e. The average Bonchev–Trinajstić information content (AvgIpc) is 3.74. The fourth-order valence-electron chi connectivity index (χ4n) is 6.13. The lowest BCUT2D eigenvalue weighted by Gasteiger charge is -2.35. The summed E-state index contributed by atoms with van der Waals surface area (Å²) in [6.45, 7) is 9.24. The van der Waals surface area contributed by atoms with E-state index in [0.717, 1.165) is 55.0 Å². The van der Waals surface area contributed by atoms with E-state index in [4.69, 9.17) is 9.72 Å². The molecule has 0 radical (unpaired) electrons. The number of piperidine rings is 1. The first-order chi connectivity index (χ1) is 24.0. The van der Waals surface area contributed by atoms with Gasteiger partial charge >= 0.3 is 0 Å². The number of fused-ring (bicyclic) bond motifs is 1. The van der Waals surface area contributed by atoms with Crippen LogP contribution in [0.1, 0.15) is 61.8 Å². The van der Waals surface area contributed by atoms with Crippen molar-refractivity contribution < 1.29 is 9.53 Å². The van der Waals surface area contributed by atoms with Gasteiger partial charge in [-0.1, -0.05) is 32.9 Å². The average molecular weight is 697 g/mol. The molecule has 0 aliphatic carbocycles. The number of rotatable bonds is 11. The third-order valence-electron chi connectivity index (χ3n) is 8.69. The number of methoxy groups -OCH3 is 1. The van der Waals surface area contributed by atoms with Crippen molar-refractivity contribution in [2.75, 3.05) is 51.1 Å². The number of carbonyl (C=O) groups excluding carboxylic acids is 1. The molecular weight excluding hydrogens is 653 g/mol. The fraction of sp³-hybridized carbons (Fsp3) is 0.417. The highest BCUT2D eigenvalue weighted by molar-refractivity contribution is 7.13. The number of tetrazole rings is 1. The zero-order valence-corrected chi connectivity index (χ0v) is 30.3. The monoisotopic (exact) mass is 696 g/mol. The lowest BCUT2D eigenvalue weighted by Crippen LogP contribution is -2.41. The first-order valence-corrected chi connectivity index (χ1v) is 17.6. The Morgan fingerprint density at radius 3 is 2.64 bits per heavy atom. The summed E-state index contributed by atoms with van der Waals surface area (Å²) in [7, 11) is 5.80. The largest absolute Gasteiger partial charge is 0.497 e. The number of ether oxygens (including phenoxy) is 1. The molecule has 13 nitrogen and oxygen atoms in total. The second-order valence-corrected chi connectivity index (χ2v) is 14.9. The van der Waals surface area contributed by atoms with Crippen LogP contribution < -0.4 is 20.5 Å². The van der Waals surface area contributed by atoms with Gasteiger partial charge in [0.25, 0.3) is 5.56 Å². The Balaban J connectivity index is 1.30. The van der Waals surface area contributed by atoms with E-state index in [1.165, 1.54) is 15.7 Å². The van der Waals surface area contributed by atoms with Crippen LogP contribution in [0.4, 0.5) is 10.9 Å². The third kappa shape index (κ3) is 8.25. The number of amides is 1. The van der Waals surface area contributed by atoms with E-state index in [1.807, 2.05) is 35.7 Å². The molecule has 50 heavy (non-hydrogen) atoms. The molecule has 5 heterocycles. The summed E-state index contributed by atoms with van der Waals surface area (Å²) in [6, 6.07) is 11.3. The van der Waals surface area contributed by atoms with Gasteiger partial charge in [-0.3, -0.25) is 14.0 Å². The van der Waals surface area contributed by atoms with Crippen molar-refractivity contribution in [3.63, 3.8) is 0 Å². The quantitative estimate of drug-likeness (QED) is 0.208.